The Labute approximate surface area is 377 Å². The number of aromatic amines is 2. The Kier molecular flexibility index (Phi) is 12.7. The van der Waals surface area contributed by atoms with E-state index in [1.807, 2.05) is 49.1 Å². The van der Waals surface area contributed by atoms with Gasteiger partial charge in [-0.3, -0.25) is 9.59 Å². The highest BCUT2D eigenvalue weighted by Crippen LogP contribution is 2.49. The predicted molar refractivity (Wildman–Crippen MR) is 236 cm³/mol. The number of methoxy groups -OCH3 is 2. The summed E-state index contributed by atoms with van der Waals surface area (Å²) in [5.74, 6) is 0.344. The summed E-state index contributed by atoms with van der Waals surface area (Å²) in [4.78, 5) is 73.3. The number of carbonyl (C=O) groups excluding carboxylic acids is 4. The molecular weight excluding hydrogens is 836 g/mol. The minimum Gasteiger partial charge on any atom is -0.453 e. The standard InChI is InChI=1S/C48H59FN8O8/c1-27-6-14-39(56(27)44(58)40(54-46(60)62-3)31-15-20-64-21-16-31)43-51-26-37(53-43)34-12-11-32(23-35(34)49)29-7-9-30(10-8-29)36-25-50-42(52-36)38-13-5-28(2)57(38)45(59)41(55-47(61)63-4)33-17-22-65-48(24-33)18-19-48/h7-12,23,25-28,31,33,38-41H,5-6,13-22,24H2,1-4H3,(H,50,52)(H,51,53)(H,54,60)(H,55,61)/t27-,28-,33-,38-,39-,40-,41-/m0/s1. The van der Waals surface area contributed by atoms with Gasteiger partial charge in [-0.25, -0.2) is 23.9 Å². The number of H-pyrrole nitrogens is 2. The van der Waals surface area contributed by atoms with Crippen LogP contribution in [0.4, 0.5) is 14.0 Å². The average molecular weight is 895 g/mol. The fraction of sp³-hybridized carbons (Fsp3) is 0.542. The summed E-state index contributed by atoms with van der Waals surface area (Å²) in [5, 5.41) is 5.67. The Morgan fingerprint density at radius 2 is 1.23 bits per heavy atom. The third-order valence-electron chi connectivity index (χ3n) is 14.5. The van der Waals surface area contributed by atoms with Gasteiger partial charge < -0.3 is 49.3 Å². The van der Waals surface area contributed by atoms with Gasteiger partial charge in [0, 0.05) is 37.5 Å². The van der Waals surface area contributed by atoms with E-state index < -0.39 is 30.1 Å². The van der Waals surface area contributed by atoms with Gasteiger partial charge in [0.25, 0.3) is 0 Å². The fourth-order valence-corrected chi connectivity index (χ4v) is 10.6. The molecule has 4 aliphatic heterocycles. The molecule has 6 heterocycles. The molecule has 0 unspecified atom stereocenters. The van der Waals surface area contributed by atoms with Gasteiger partial charge in [-0.05, 0) is 119 Å². The number of nitrogens with one attached hydrogen (secondary N) is 4. The molecule has 4 saturated heterocycles. The zero-order valence-corrected chi connectivity index (χ0v) is 37.4. The smallest absolute Gasteiger partial charge is 0.407 e. The van der Waals surface area contributed by atoms with E-state index in [4.69, 9.17) is 23.9 Å². The van der Waals surface area contributed by atoms with E-state index in [9.17, 15) is 19.2 Å². The quantitative estimate of drug-likeness (QED) is 0.120. The maximum atomic E-state index is 16.0. The molecule has 2 aromatic carbocycles. The molecule has 65 heavy (non-hydrogen) atoms. The summed E-state index contributed by atoms with van der Waals surface area (Å²) in [6.45, 7) is 5.63. The number of halogens is 1. The normalized spacial score (nSPS) is 25.0. The van der Waals surface area contributed by atoms with Crippen molar-refractivity contribution in [3.63, 3.8) is 0 Å². The van der Waals surface area contributed by atoms with Crippen LogP contribution in [0.3, 0.4) is 0 Å². The number of alkyl carbamates (subject to hydrolysis) is 2. The van der Waals surface area contributed by atoms with Gasteiger partial charge in [-0.1, -0.05) is 30.3 Å². The van der Waals surface area contributed by atoms with Crippen molar-refractivity contribution in [2.75, 3.05) is 34.0 Å². The Hall–Kier alpha value is -5.81. The fourth-order valence-electron chi connectivity index (χ4n) is 10.6. The lowest BCUT2D eigenvalue weighted by atomic mass is 9.86. The molecule has 0 bridgehead atoms. The van der Waals surface area contributed by atoms with E-state index in [1.165, 1.54) is 20.3 Å². The summed E-state index contributed by atoms with van der Waals surface area (Å²) in [5.41, 5.74) is 3.87. The van der Waals surface area contributed by atoms with Crippen molar-refractivity contribution in [1.82, 2.24) is 40.4 Å². The van der Waals surface area contributed by atoms with Crippen LogP contribution < -0.4 is 10.6 Å². The first kappa shape index (κ1) is 44.4. The number of aromatic nitrogens is 4. The summed E-state index contributed by atoms with van der Waals surface area (Å²) in [6, 6.07) is 10.6. The molecule has 4 aromatic rings. The molecule has 7 atom stereocenters. The van der Waals surface area contributed by atoms with E-state index in [2.05, 4.69) is 25.6 Å². The van der Waals surface area contributed by atoms with Crippen molar-refractivity contribution < 1.29 is 42.5 Å². The summed E-state index contributed by atoms with van der Waals surface area (Å²) in [6.07, 6.45) is 9.69. The molecule has 17 heteroatoms. The second-order valence-electron chi connectivity index (χ2n) is 18.5. The Morgan fingerprint density at radius 3 is 1.80 bits per heavy atom. The molecule has 0 radical (unpaired) electrons. The van der Waals surface area contributed by atoms with Crippen LogP contribution in [0.15, 0.2) is 54.9 Å². The predicted octanol–water partition coefficient (Wildman–Crippen LogP) is 7.21. The van der Waals surface area contributed by atoms with Crippen molar-refractivity contribution in [2.45, 2.75) is 120 Å². The van der Waals surface area contributed by atoms with Crippen molar-refractivity contribution >= 4 is 24.0 Å². The van der Waals surface area contributed by atoms with Gasteiger partial charge in [-0.15, -0.1) is 0 Å². The lowest BCUT2D eigenvalue weighted by molar-refractivity contribution is -0.140. The minimum atomic E-state index is -0.765. The molecule has 4 N–H and O–H groups in total. The molecule has 4 amide bonds. The van der Waals surface area contributed by atoms with Gasteiger partial charge in [0.1, 0.15) is 29.5 Å². The van der Waals surface area contributed by atoms with Crippen LogP contribution in [0.2, 0.25) is 0 Å². The van der Waals surface area contributed by atoms with Crippen molar-refractivity contribution in [1.29, 1.82) is 0 Å². The van der Waals surface area contributed by atoms with Gasteiger partial charge >= 0.3 is 12.2 Å². The molecule has 5 aliphatic rings. The number of amides is 4. The lowest BCUT2D eigenvalue weighted by Crippen LogP contribution is -2.55. The Balaban J connectivity index is 0.876. The molecular formula is C48H59FN8O8. The number of hydrogen-bond acceptors (Lipinski definition) is 10. The molecule has 346 valence electrons. The van der Waals surface area contributed by atoms with Crippen molar-refractivity contribution in [3.8, 4) is 33.6 Å². The first-order chi connectivity index (χ1) is 31.5. The zero-order chi connectivity index (χ0) is 45.4. The number of likely N-dealkylation sites (tertiary alicyclic amines) is 2. The van der Waals surface area contributed by atoms with Crippen LogP contribution in [0.1, 0.15) is 102 Å². The number of imidazole rings is 2. The van der Waals surface area contributed by atoms with Crippen LogP contribution in [0.25, 0.3) is 33.6 Å². The van der Waals surface area contributed by atoms with E-state index in [-0.39, 0.29) is 53.4 Å². The van der Waals surface area contributed by atoms with E-state index in [0.717, 1.165) is 55.3 Å². The number of nitrogens with zero attached hydrogens (tertiary/aromatic N) is 4. The highest BCUT2D eigenvalue weighted by molar-refractivity contribution is 5.88. The van der Waals surface area contributed by atoms with Gasteiger partial charge in [-0.2, -0.15) is 0 Å². The molecule has 2 aromatic heterocycles. The van der Waals surface area contributed by atoms with E-state index >= 15 is 4.39 Å². The topological polar surface area (TPSA) is 193 Å². The van der Waals surface area contributed by atoms with E-state index in [0.29, 0.717) is 74.0 Å². The van der Waals surface area contributed by atoms with Crippen molar-refractivity contribution in [2.24, 2.45) is 11.8 Å². The Bertz CT molecular complexity index is 2380. The van der Waals surface area contributed by atoms with Gasteiger partial charge in [0.2, 0.25) is 11.8 Å². The van der Waals surface area contributed by atoms with Gasteiger partial charge in [0.05, 0.1) is 55.7 Å². The lowest BCUT2D eigenvalue weighted by Gasteiger charge is -2.38. The number of carbonyl (C=O) groups is 4. The van der Waals surface area contributed by atoms with Crippen LogP contribution in [-0.2, 0) is 28.5 Å². The molecule has 5 fully saturated rings. The number of benzene rings is 2. The number of rotatable bonds is 11. The summed E-state index contributed by atoms with van der Waals surface area (Å²) in [7, 11) is 2.59. The van der Waals surface area contributed by atoms with Crippen LogP contribution >= 0.6 is 0 Å². The highest BCUT2D eigenvalue weighted by atomic mass is 19.1. The number of hydrogen-bond donors (Lipinski definition) is 4. The SMILES string of the molecule is COC(=O)N[C@H](C(=O)N1[C@@H](C)CC[C@H]1c1ncc(-c2ccc(-c3ccc(-c4cnc([C@@H]5CC[C@H](C)N5C(=O)[C@@H](NC(=O)OC)[C@H]5CCOC6(CC6)C5)[nH]4)cc3)cc2F)[nH]1)C1CCOCC1. The summed E-state index contributed by atoms with van der Waals surface area (Å²) < 4.78 is 37.4. The molecule has 1 spiro atoms. The maximum absolute atomic E-state index is 16.0. The number of ether oxygens (including phenoxy) is 4. The monoisotopic (exact) mass is 894 g/mol. The molecule has 9 rings (SSSR count). The second kappa shape index (κ2) is 18.6. The zero-order valence-electron chi connectivity index (χ0n) is 37.4. The van der Waals surface area contributed by atoms with Gasteiger partial charge in [0.15, 0.2) is 0 Å². The average Bonchev–Trinajstić information content (AvgIpc) is 3.83. The van der Waals surface area contributed by atoms with E-state index in [1.54, 1.807) is 23.4 Å². The van der Waals surface area contributed by atoms with Crippen molar-refractivity contribution in [3.05, 3.63) is 72.3 Å². The molecule has 1 saturated carbocycles. The first-order valence-corrected chi connectivity index (χ1v) is 23.0. The third-order valence-corrected chi connectivity index (χ3v) is 14.5. The molecule has 16 nitrogen and oxygen atoms in total. The third kappa shape index (κ3) is 9.09. The first-order valence-electron chi connectivity index (χ1n) is 23.0. The maximum Gasteiger partial charge on any atom is 0.407 e. The Morgan fingerprint density at radius 1 is 0.708 bits per heavy atom. The van der Waals surface area contributed by atoms with Crippen LogP contribution in [-0.4, -0.2) is 118 Å². The highest BCUT2D eigenvalue weighted by Gasteiger charge is 2.52. The van der Waals surface area contributed by atoms with Crippen LogP contribution in [0.5, 0.6) is 0 Å². The minimum absolute atomic E-state index is 0.0465. The second-order valence-corrected chi connectivity index (χ2v) is 18.5. The molecule has 1 aliphatic carbocycles. The largest absolute Gasteiger partial charge is 0.453 e. The summed E-state index contributed by atoms with van der Waals surface area (Å²) >= 11 is 0. The van der Waals surface area contributed by atoms with Crippen LogP contribution in [0, 0.1) is 17.7 Å².